The highest BCUT2D eigenvalue weighted by Crippen LogP contribution is 2.11. The Balaban J connectivity index is 4.03. The van der Waals surface area contributed by atoms with Crippen molar-refractivity contribution in [3.05, 3.63) is 0 Å². The second-order valence-electron chi connectivity index (χ2n) is 3.91. The predicted octanol–water partition coefficient (Wildman–Crippen LogP) is -0.623. The van der Waals surface area contributed by atoms with Gasteiger partial charge >= 0.3 is 0 Å². The molecule has 16 heavy (non-hydrogen) atoms. The summed E-state index contributed by atoms with van der Waals surface area (Å²) in [6, 6.07) is 0. The van der Waals surface area contributed by atoms with Gasteiger partial charge in [0.05, 0.1) is 24.5 Å². The molecule has 0 aliphatic rings. The molecule has 0 fully saturated rings. The first-order chi connectivity index (χ1) is 7.39. The molecule has 0 amide bonds. The summed E-state index contributed by atoms with van der Waals surface area (Å²) in [4.78, 5) is 0. The molecule has 0 aliphatic carbocycles. The minimum Gasteiger partial charge on any atom is -0.394 e. The Morgan fingerprint density at radius 1 is 1.25 bits per heavy atom. The average molecular weight is 255 g/mol. The van der Waals surface area contributed by atoms with Gasteiger partial charge in [-0.15, -0.1) is 0 Å². The van der Waals surface area contributed by atoms with Gasteiger partial charge in [0.25, 0.3) is 10.1 Å². The highest BCUT2D eigenvalue weighted by Gasteiger charge is 2.26. The van der Waals surface area contributed by atoms with E-state index in [9.17, 15) is 18.6 Å². The van der Waals surface area contributed by atoms with Crippen LogP contribution in [0.1, 0.15) is 26.2 Å². The minimum atomic E-state index is -3.93. The zero-order chi connectivity index (χ0) is 12.7. The number of aliphatic hydroxyl groups is 2. The van der Waals surface area contributed by atoms with Crippen LogP contribution in [-0.4, -0.2) is 54.2 Å². The van der Waals surface area contributed by atoms with Gasteiger partial charge in [-0.05, 0) is 19.4 Å². The van der Waals surface area contributed by atoms with E-state index in [1.807, 2.05) is 6.92 Å². The quantitative estimate of drug-likeness (QED) is 0.323. The minimum absolute atomic E-state index is 0.205. The van der Waals surface area contributed by atoms with Gasteiger partial charge in [-0.3, -0.25) is 4.55 Å². The van der Waals surface area contributed by atoms with Crippen molar-refractivity contribution in [1.29, 1.82) is 0 Å². The van der Waals surface area contributed by atoms with E-state index in [1.165, 1.54) is 0 Å². The van der Waals surface area contributed by atoms with Crippen molar-refractivity contribution in [3.8, 4) is 0 Å². The summed E-state index contributed by atoms with van der Waals surface area (Å²) in [6.07, 6.45) is 1.64. The Morgan fingerprint density at radius 3 is 2.19 bits per heavy atom. The van der Waals surface area contributed by atoms with Crippen LogP contribution in [0.15, 0.2) is 0 Å². The zero-order valence-electron chi connectivity index (χ0n) is 9.52. The molecular formula is C9H21NO5S. The normalized spacial score (nSPS) is 13.0. The third-order valence-corrected chi connectivity index (χ3v) is 3.22. The Bertz CT molecular complexity index is 274. The molecule has 0 unspecified atom stereocenters. The van der Waals surface area contributed by atoms with Crippen molar-refractivity contribution < 1.29 is 23.2 Å². The number of rotatable bonds is 9. The zero-order valence-corrected chi connectivity index (χ0v) is 10.3. The molecule has 0 radical (unpaired) electrons. The second-order valence-corrected chi connectivity index (χ2v) is 5.49. The van der Waals surface area contributed by atoms with Gasteiger partial charge in [0.15, 0.2) is 0 Å². The van der Waals surface area contributed by atoms with Gasteiger partial charge in [0.2, 0.25) is 0 Å². The molecule has 6 nitrogen and oxygen atoms in total. The first-order valence-electron chi connectivity index (χ1n) is 5.31. The van der Waals surface area contributed by atoms with E-state index in [4.69, 9.17) is 4.55 Å². The number of hydrogen-bond donors (Lipinski definition) is 4. The number of aliphatic hydroxyl groups excluding tert-OH is 2. The fourth-order valence-electron chi connectivity index (χ4n) is 1.49. The van der Waals surface area contributed by atoms with Crippen LogP contribution in [0.2, 0.25) is 0 Å². The molecule has 7 heteroatoms. The van der Waals surface area contributed by atoms with E-state index < -0.39 is 15.7 Å². The lowest BCUT2D eigenvalue weighted by molar-refractivity contribution is 0.0837. The molecule has 4 N–H and O–H groups in total. The van der Waals surface area contributed by atoms with Crippen LogP contribution < -0.4 is 5.32 Å². The molecular weight excluding hydrogens is 234 g/mol. The van der Waals surface area contributed by atoms with E-state index in [1.54, 1.807) is 0 Å². The predicted molar refractivity (Wildman–Crippen MR) is 60.8 cm³/mol. The van der Waals surface area contributed by atoms with Gasteiger partial charge in [-0.2, -0.15) is 8.42 Å². The smallest absolute Gasteiger partial charge is 0.264 e. The van der Waals surface area contributed by atoms with Crippen molar-refractivity contribution >= 4 is 10.1 Å². The Labute approximate surface area is 96.4 Å². The summed E-state index contributed by atoms with van der Waals surface area (Å²) in [6.45, 7) is 1.84. The Morgan fingerprint density at radius 2 is 1.81 bits per heavy atom. The molecule has 98 valence electrons. The molecule has 0 bridgehead atoms. The first kappa shape index (κ1) is 15.8. The fraction of sp³-hybridized carbons (Fsp3) is 1.00. The lowest BCUT2D eigenvalue weighted by Crippen LogP contribution is -2.52. The molecule has 0 heterocycles. The molecule has 0 rings (SSSR count). The molecule has 0 spiro atoms. The lowest BCUT2D eigenvalue weighted by Gasteiger charge is -2.30. The Kier molecular flexibility index (Phi) is 7.09. The van der Waals surface area contributed by atoms with Gasteiger partial charge in [0.1, 0.15) is 0 Å². The maximum Gasteiger partial charge on any atom is 0.264 e. The maximum absolute atomic E-state index is 10.4. The number of nitrogens with one attached hydrogen (secondary N) is 1. The van der Waals surface area contributed by atoms with E-state index in [-0.39, 0.29) is 25.4 Å². The van der Waals surface area contributed by atoms with Crippen LogP contribution in [0.25, 0.3) is 0 Å². The van der Waals surface area contributed by atoms with E-state index in [2.05, 4.69) is 5.32 Å². The van der Waals surface area contributed by atoms with Crippen molar-refractivity contribution in [1.82, 2.24) is 5.32 Å². The summed E-state index contributed by atoms with van der Waals surface area (Å²) in [5.74, 6) is -0.320. The van der Waals surface area contributed by atoms with Crippen LogP contribution in [0, 0.1) is 0 Å². The van der Waals surface area contributed by atoms with Crippen LogP contribution in [0.5, 0.6) is 0 Å². The van der Waals surface area contributed by atoms with E-state index in [0.29, 0.717) is 13.0 Å². The Hall–Kier alpha value is -0.210. The van der Waals surface area contributed by atoms with Crippen molar-refractivity contribution in [2.75, 3.05) is 25.5 Å². The topological polar surface area (TPSA) is 107 Å². The van der Waals surface area contributed by atoms with Crippen LogP contribution in [0.3, 0.4) is 0 Å². The molecule has 0 aromatic carbocycles. The summed E-state index contributed by atoms with van der Waals surface area (Å²) in [5.41, 5.74) is -0.756. The largest absolute Gasteiger partial charge is 0.394 e. The second kappa shape index (κ2) is 7.18. The lowest BCUT2D eigenvalue weighted by atomic mass is 9.95. The summed E-state index contributed by atoms with van der Waals surface area (Å²) < 4.78 is 29.4. The van der Waals surface area contributed by atoms with Crippen molar-refractivity contribution in [2.24, 2.45) is 0 Å². The van der Waals surface area contributed by atoms with Crippen molar-refractivity contribution in [2.45, 2.75) is 31.7 Å². The third-order valence-electron chi connectivity index (χ3n) is 2.41. The SMILES string of the molecule is CCCC(CO)(CO)NCCCS(=O)(=O)O. The van der Waals surface area contributed by atoms with Gasteiger partial charge in [-0.25, -0.2) is 0 Å². The molecule has 0 atom stereocenters. The monoisotopic (exact) mass is 255 g/mol. The summed E-state index contributed by atoms with van der Waals surface area (Å²) in [7, 11) is -3.93. The molecule has 0 aliphatic heterocycles. The first-order valence-corrected chi connectivity index (χ1v) is 6.92. The maximum atomic E-state index is 10.4. The van der Waals surface area contributed by atoms with Crippen LogP contribution in [-0.2, 0) is 10.1 Å². The van der Waals surface area contributed by atoms with E-state index >= 15 is 0 Å². The summed E-state index contributed by atoms with van der Waals surface area (Å²) >= 11 is 0. The fourth-order valence-corrected chi connectivity index (χ4v) is 2.00. The highest BCUT2D eigenvalue weighted by atomic mass is 32.2. The van der Waals surface area contributed by atoms with Crippen LogP contribution in [0.4, 0.5) is 0 Å². The van der Waals surface area contributed by atoms with E-state index in [0.717, 1.165) is 6.42 Å². The number of hydrogen-bond acceptors (Lipinski definition) is 5. The highest BCUT2D eigenvalue weighted by molar-refractivity contribution is 7.85. The summed E-state index contributed by atoms with van der Waals surface area (Å²) in [5, 5.41) is 21.3. The molecule has 0 aromatic heterocycles. The van der Waals surface area contributed by atoms with Gasteiger partial charge in [-0.1, -0.05) is 13.3 Å². The van der Waals surface area contributed by atoms with Gasteiger partial charge < -0.3 is 15.5 Å². The average Bonchev–Trinajstić information content (AvgIpc) is 2.21. The van der Waals surface area contributed by atoms with Crippen LogP contribution >= 0.6 is 0 Å². The molecule has 0 saturated carbocycles. The molecule has 0 aromatic rings. The molecule has 0 saturated heterocycles. The van der Waals surface area contributed by atoms with Crippen molar-refractivity contribution in [3.63, 3.8) is 0 Å². The standard InChI is InChI=1S/C9H21NO5S/c1-2-4-9(7-11,8-12)10-5-3-6-16(13,14)15/h10-12H,2-8H2,1H3,(H,13,14,15). The van der Waals surface area contributed by atoms with Gasteiger partial charge in [0, 0.05) is 0 Å². The third kappa shape index (κ3) is 6.39.